The highest BCUT2D eigenvalue weighted by Crippen LogP contribution is 2.29. The number of carbonyl (C=O) groups excluding carboxylic acids is 1. The molecule has 0 saturated carbocycles. The van der Waals surface area contributed by atoms with Gasteiger partial charge in [0, 0.05) is 15.9 Å². The van der Waals surface area contributed by atoms with Crippen molar-refractivity contribution in [2.24, 2.45) is 0 Å². The molecule has 0 aliphatic heterocycles. The second-order valence-corrected chi connectivity index (χ2v) is 7.71. The summed E-state index contributed by atoms with van der Waals surface area (Å²) in [6, 6.07) is 5.80. The van der Waals surface area contributed by atoms with Gasteiger partial charge in [-0.15, -0.1) is 10.2 Å². The summed E-state index contributed by atoms with van der Waals surface area (Å²) >= 11 is 6.48. The number of aryl methyl sites for hydroxylation is 1. The summed E-state index contributed by atoms with van der Waals surface area (Å²) in [7, 11) is 0. The van der Waals surface area contributed by atoms with Crippen molar-refractivity contribution in [3.63, 3.8) is 0 Å². The normalized spacial score (nSPS) is 12.4. The minimum atomic E-state index is -4.73. The quantitative estimate of drug-likeness (QED) is 0.414. The minimum Gasteiger partial charge on any atom is -0.338 e. The Hall–Kier alpha value is -2.85. The number of aromatic amines is 1. The number of fused-ring (bicyclic) bond motifs is 3. The Morgan fingerprint density at radius 3 is 2.73 bits per heavy atom. The van der Waals surface area contributed by atoms with Gasteiger partial charge >= 0.3 is 6.18 Å². The Labute approximate surface area is 178 Å². The molecule has 0 unspecified atom stereocenters. The SMILES string of the molecule is C=C(Cl)/C=C(/NC(=O)CSc1nnc2c(n1)[nH]c1ccc(C)cc12)C(=C)C(F)(F)F. The number of rotatable bonds is 6. The van der Waals surface area contributed by atoms with Crippen LogP contribution in [-0.4, -0.2) is 38.0 Å². The Kier molecular flexibility index (Phi) is 6.18. The summed E-state index contributed by atoms with van der Waals surface area (Å²) in [4.78, 5) is 19.6. The number of amides is 1. The smallest absolute Gasteiger partial charge is 0.338 e. The third-order valence-electron chi connectivity index (χ3n) is 3.93. The second-order valence-electron chi connectivity index (χ2n) is 6.28. The number of thioether (sulfide) groups is 1. The fourth-order valence-corrected chi connectivity index (χ4v) is 3.25. The van der Waals surface area contributed by atoms with Crippen molar-refractivity contribution in [2.75, 3.05) is 5.75 Å². The van der Waals surface area contributed by atoms with Crippen molar-refractivity contribution in [1.82, 2.24) is 25.5 Å². The molecule has 0 spiro atoms. The van der Waals surface area contributed by atoms with E-state index in [1.54, 1.807) is 0 Å². The number of benzene rings is 1. The zero-order valence-electron chi connectivity index (χ0n) is 15.6. The summed E-state index contributed by atoms with van der Waals surface area (Å²) in [6.07, 6.45) is -3.85. The maximum Gasteiger partial charge on any atom is 0.417 e. The number of nitrogens with zero attached hydrogens (tertiary/aromatic N) is 3. The first-order valence-corrected chi connectivity index (χ1v) is 9.79. The van der Waals surface area contributed by atoms with Crippen LogP contribution in [0.3, 0.4) is 0 Å². The van der Waals surface area contributed by atoms with Crippen molar-refractivity contribution < 1.29 is 18.0 Å². The summed E-state index contributed by atoms with van der Waals surface area (Å²) in [6.45, 7) is 8.22. The highest BCUT2D eigenvalue weighted by Gasteiger charge is 2.35. The number of alkyl halides is 3. The van der Waals surface area contributed by atoms with Crippen LogP contribution < -0.4 is 5.32 Å². The number of hydrogen-bond acceptors (Lipinski definition) is 5. The molecule has 0 saturated heterocycles. The summed E-state index contributed by atoms with van der Waals surface area (Å²) in [5.74, 6) is -0.963. The van der Waals surface area contributed by atoms with Crippen LogP contribution >= 0.6 is 23.4 Å². The van der Waals surface area contributed by atoms with E-state index in [2.05, 4.69) is 38.6 Å². The molecule has 0 atom stereocenters. The zero-order chi connectivity index (χ0) is 22.1. The standard InChI is InChI=1S/C19H15ClF3N5OS/c1-9-4-5-13-12(6-9)16-17(25-13)26-18(28-27-16)30-8-15(29)24-14(7-10(2)20)11(3)19(21,22)23/h4-7H,2-3,8H2,1H3,(H,24,29)(H,25,26,28)/b14-7+. The molecule has 156 valence electrons. The van der Waals surface area contributed by atoms with Gasteiger partial charge in [-0.2, -0.15) is 13.2 Å². The van der Waals surface area contributed by atoms with E-state index in [9.17, 15) is 18.0 Å². The zero-order valence-corrected chi connectivity index (χ0v) is 17.2. The number of carbonyl (C=O) groups is 1. The van der Waals surface area contributed by atoms with E-state index in [-0.39, 0.29) is 15.9 Å². The molecule has 1 aromatic carbocycles. The highest BCUT2D eigenvalue weighted by atomic mass is 35.5. The molecule has 2 heterocycles. The second kappa shape index (κ2) is 8.49. The van der Waals surface area contributed by atoms with Gasteiger partial charge in [-0.05, 0) is 25.1 Å². The van der Waals surface area contributed by atoms with Crippen molar-refractivity contribution >= 4 is 51.3 Å². The molecular formula is C19H15ClF3N5OS. The van der Waals surface area contributed by atoms with Gasteiger partial charge in [-0.3, -0.25) is 4.79 Å². The van der Waals surface area contributed by atoms with Crippen LogP contribution in [-0.2, 0) is 4.79 Å². The van der Waals surface area contributed by atoms with Gasteiger partial charge in [0.15, 0.2) is 5.65 Å². The van der Waals surface area contributed by atoms with Crippen LogP contribution in [0.15, 0.2) is 58.9 Å². The van der Waals surface area contributed by atoms with Crippen LogP contribution in [0.25, 0.3) is 22.1 Å². The first kappa shape index (κ1) is 21.8. The van der Waals surface area contributed by atoms with E-state index in [4.69, 9.17) is 11.6 Å². The molecule has 3 rings (SSSR count). The topological polar surface area (TPSA) is 83.6 Å². The lowest BCUT2D eigenvalue weighted by molar-refractivity contribution is -0.118. The van der Waals surface area contributed by atoms with Crippen LogP contribution in [0.5, 0.6) is 0 Å². The predicted octanol–water partition coefficient (Wildman–Crippen LogP) is 4.78. The molecule has 6 nitrogen and oxygen atoms in total. The predicted molar refractivity (Wildman–Crippen MR) is 111 cm³/mol. The maximum atomic E-state index is 12.9. The molecule has 2 N–H and O–H groups in total. The first-order chi connectivity index (χ1) is 14.0. The number of nitrogens with one attached hydrogen (secondary N) is 2. The van der Waals surface area contributed by atoms with Crippen LogP contribution in [0.1, 0.15) is 5.56 Å². The van der Waals surface area contributed by atoms with Crippen molar-refractivity contribution in [3.8, 4) is 0 Å². The summed E-state index contributed by atoms with van der Waals surface area (Å²) < 4.78 is 38.7. The van der Waals surface area contributed by atoms with Crippen molar-refractivity contribution in [3.05, 3.63) is 59.3 Å². The van der Waals surface area contributed by atoms with Gasteiger partial charge in [-0.1, -0.05) is 48.2 Å². The summed E-state index contributed by atoms with van der Waals surface area (Å²) in [5.41, 5.74) is 1.18. The molecule has 30 heavy (non-hydrogen) atoms. The molecule has 0 aliphatic rings. The Balaban J connectivity index is 1.73. The number of hydrogen-bond donors (Lipinski definition) is 2. The number of allylic oxidation sites excluding steroid dienone is 3. The third kappa shape index (κ3) is 5.00. The molecule has 1 amide bonds. The minimum absolute atomic E-state index is 0.185. The Morgan fingerprint density at radius 2 is 2.07 bits per heavy atom. The summed E-state index contributed by atoms with van der Waals surface area (Å²) in [5, 5.41) is 11.2. The monoisotopic (exact) mass is 453 g/mol. The van der Waals surface area contributed by atoms with Crippen LogP contribution in [0, 0.1) is 6.92 Å². The molecule has 0 bridgehead atoms. The highest BCUT2D eigenvalue weighted by molar-refractivity contribution is 7.99. The average Bonchev–Trinajstić information content (AvgIpc) is 3.01. The average molecular weight is 454 g/mol. The molecule has 0 aliphatic carbocycles. The van der Waals surface area contributed by atoms with Gasteiger partial charge in [-0.25, -0.2) is 4.98 Å². The van der Waals surface area contributed by atoms with Crippen molar-refractivity contribution in [1.29, 1.82) is 0 Å². The van der Waals surface area contributed by atoms with E-state index < -0.39 is 23.4 Å². The van der Waals surface area contributed by atoms with E-state index in [1.807, 2.05) is 25.1 Å². The van der Waals surface area contributed by atoms with E-state index in [0.29, 0.717) is 11.2 Å². The lowest BCUT2D eigenvalue weighted by atomic mass is 10.2. The lowest BCUT2D eigenvalue weighted by Gasteiger charge is -2.15. The van der Waals surface area contributed by atoms with Gasteiger partial charge in [0.05, 0.1) is 17.0 Å². The molecular weight excluding hydrogens is 439 g/mol. The Bertz CT molecular complexity index is 1200. The van der Waals surface area contributed by atoms with Gasteiger partial charge < -0.3 is 10.3 Å². The number of H-pyrrole nitrogens is 1. The first-order valence-electron chi connectivity index (χ1n) is 8.42. The molecule has 0 fully saturated rings. The molecule has 0 radical (unpaired) electrons. The fourth-order valence-electron chi connectivity index (χ4n) is 2.56. The largest absolute Gasteiger partial charge is 0.417 e. The molecule has 2 aromatic heterocycles. The van der Waals surface area contributed by atoms with Gasteiger partial charge in [0.2, 0.25) is 11.1 Å². The Morgan fingerprint density at radius 1 is 1.33 bits per heavy atom. The number of aromatic nitrogens is 4. The fraction of sp³-hybridized carbons (Fsp3) is 0.158. The molecule has 11 heteroatoms. The maximum absolute atomic E-state index is 12.9. The van der Waals surface area contributed by atoms with E-state index in [0.717, 1.165) is 34.3 Å². The van der Waals surface area contributed by atoms with Crippen LogP contribution in [0.2, 0.25) is 0 Å². The van der Waals surface area contributed by atoms with E-state index >= 15 is 0 Å². The third-order valence-corrected chi connectivity index (χ3v) is 4.87. The number of halogens is 4. The van der Waals surface area contributed by atoms with Crippen molar-refractivity contribution in [2.45, 2.75) is 18.3 Å². The van der Waals surface area contributed by atoms with E-state index in [1.165, 1.54) is 0 Å². The molecule has 3 aromatic rings. The van der Waals surface area contributed by atoms with Crippen LogP contribution in [0.4, 0.5) is 13.2 Å². The van der Waals surface area contributed by atoms with Gasteiger partial charge in [0.1, 0.15) is 5.52 Å². The lowest BCUT2D eigenvalue weighted by Crippen LogP contribution is -2.29. The van der Waals surface area contributed by atoms with Gasteiger partial charge in [0.25, 0.3) is 0 Å².